The van der Waals surface area contributed by atoms with Crippen molar-refractivity contribution >= 4 is 27.2 Å². The van der Waals surface area contributed by atoms with Gasteiger partial charge in [-0.25, -0.2) is 0 Å². The van der Waals surface area contributed by atoms with E-state index < -0.39 is 8.80 Å². The summed E-state index contributed by atoms with van der Waals surface area (Å²) in [7, 11) is 0.408. The fourth-order valence-corrected chi connectivity index (χ4v) is 3.40. The minimum atomic E-state index is -2.66. The van der Waals surface area contributed by atoms with Gasteiger partial charge in [0.05, 0.1) is 0 Å². The van der Waals surface area contributed by atoms with Crippen molar-refractivity contribution in [3.63, 3.8) is 0 Å². The summed E-state index contributed by atoms with van der Waals surface area (Å²) in [5.41, 5.74) is 0. The maximum atomic E-state index is 11.0. The molecule has 0 aromatic carbocycles. The molecule has 0 rings (SSSR count). The molecule has 0 saturated carbocycles. The van der Waals surface area contributed by atoms with E-state index in [-0.39, 0.29) is 12.4 Å². The van der Waals surface area contributed by atoms with E-state index in [4.69, 9.17) is 13.3 Å². The molecule has 0 amide bonds. The third-order valence-corrected chi connectivity index (χ3v) is 5.04. The molecule has 0 spiro atoms. The van der Waals surface area contributed by atoms with Crippen molar-refractivity contribution in [3.05, 3.63) is 12.7 Å². The second kappa shape index (κ2) is 8.06. The smallest absolute Gasteiger partial charge is 0.377 e. The molecule has 0 atom stereocenters. The molecule has 0 radical (unpaired) electrons. The highest BCUT2D eigenvalue weighted by Gasteiger charge is 2.38. The van der Waals surface area contributed by atoms with E-state index in [1.165, 1.54) is 20.3 Å². The summed E-state index contributed by atoms with van der Waals surface area (Å²) in [5, 5.41) is 0. The highest BCUT2D eigenvalue weighted by molar-refractivity contribution is 7.80. The van der Waals surface area contributed by atoms with Crippen molar-refractivity contribution in [1.82, 2.24) is 0 Å². The molecule has 0 heterocycles. The molecule has 0 aliphatic rings. The van der Waals surface area contributed by atoms with Crippen LogP contribution in [0.15, 0.2) is 12.7 Å². The van der Waals surface area contributed by atoms with E-state index in [0.717, 1.165) is 12.2 Å². The van der Waals surface area contributed by atoms with Gasteiger partial charge in [0, 0.05) is 20.3 Å². The Labute approximate surface area is 97.4 Å². The second-order valence-electron chi connectivity index (χ2n) is 2.88. The molecule has 0 aliphatic heterocycles. The Balaban J connectivity index is 4.22. The topological polar surface area (TPSA) is 44.8 Å². The summed E-state index contributed by atoms with van der Waals surface area (Å²) in [6, 6.07) is 0.661. The van der Waals surface area contributed by atoms with Crippen molar-refractivity contribution in [2.24, 2.45) is 0 Å². The Bertz CT molecular complexity index is 206. The van der Waals surface area contributed by atoms with Gasteiger partial charge in [-0.05, 0) is 18.2 Å². The summed E-state index contributed by atoms with van der Waals surface area (Å²) in [4.78, 5) is 11.0. The van der Waals surface area contributed by atoms with Crippen LogP contribution in [0.3, 0.4) is 0 Å². The Morgan fingerprint density at radius 2 is 2.07 bits per heavy atom. The van der Waals surface area contributed by atoms with E-state index in [0.29, 0.717) is 6.04 Å². The maximum Gasteiger partial charge on any atom is 0.500 e. The largest absolute Gasteiger partial charge is 0.500 e. The van der Waals surface area contributed by atoms with Gasteiger partial charge >= 0.3 is 8.80 Å². The Morgan fingerprint density at radius 3 is 2.47 bits per heavy atom. The number of hydrogen-bond donors (Lipinski definition) is 1. The molecule has 0 aliphatic carbocycles. The first-order valence-electron chi connectivity index (χ1n) is 4.64. The minimum absolute atomic E-state index is 0.0377. The van der Waals surface area contributed by atoms with E-state index in [1.807, 2.05) is 0 Å². The molecule has 0 N–H and O–H groups in total. The first kappa shape index (κ1) is 14.9. The van der Waals surface area contributed by atoms with Crippen LogP contribution in [0.1, 0.15) is 6.42 Å². The first-order chi connectivity index (χ1) is 7.14. The molecule has 15 heavy (non-hydrogen) atoms. The van der Waals surface area contributed by atoms with Crippen LogP contribution in [0.5, 0.6) is 0 Å². The third-order valence-electron chi connectivity index (χ3n) is 1.93. The highest BCUT2D eigenvalue weighted by Crippen LogP contribution is 2.16. The van der Waals surface area contributed by atoms with Gasteiger partial charge in [0.15, 0.2) is 5.78 Å². The monoisotopic (exact) mass is 250 g/mol. The molecule has 88 valence electrons. The summed E-state index contributed by atoms with van der Waals surface area (Å²) >= 11 is 4.11. The first-order valence-corrected chi connectivity index (χ1v) is 7.21. The van der Waals surface area contributed by atoms with Crippen molar-refractivity contribution < 1.29 is 18.1 Å². The number of carbonyl (C=O) groups is 1. The van der Waals surface area contributed by atoms with Gasteiger partial charge in [-0.2, -0.15) is 12.6 Å². The summed E-state index contributed by atoms with van der Waals surface area (Å²) in [6.07, 6.45) is 2.06. The van der Waals surface area contributed by atoms with Crippen LogP contribution in [0.2, 0.25) is 6.04 Å². The van der Waals surface area contributed by atoms with Gasteiger partial charge < -0.3 is 13.3 Å². The fourth-order valence-electron chi connectivity index (χ4n) is 1.01. The van der Waals surface area contributed by atoms with E-state index >= 15 is 0 Å². The average molecular weight is 250 g/mol. The fraction of sp³-hybridized carbons (Fsp3) is 0.667. The summed E-state index contributed by atoms with van der Waals surface area (Å²) in [6.45, 7) is 3.33. The van der Waals surface area contributed by atoms with Gasteiger partial charge in [0.1, 0.15) is 6.61 Å². The standard InChI is InChI=1S/C9H18O4SSi/c1-4-9(10)8-13-15(11-2,12-3)7-5-6-14/h4,14H,1,5-8H2,2-3H3. The van der Waals surface area contributed by atoms with Crippen LogP contribution in [0.25, 0.3) is 0 Å². The van der Waals surface area contributed by atoms with Gasteiger partial charge in [-0.3, -0.25) is 4.79 Å². The van der Waals surface area contributed by atoms with Crippen molar-refractivity contribution in [2.75, 3.05) is 26.6 Å². The third kappa shape index (κ3) is 5.48. The lowest BCUT2D eigenvalue weighted by Crippen LogP contribution is -2.45. The van der Waals surface area contributed by atoms with Gasteiger partial charge in [0.2, 0.25) is 0 Å². The maximum absolute atomic E-state index is 11.0. The van der Waals surface area contributed by atoms with E-state index in [9.17, 15) is 4.79 Å². The molecule has 0 fully saturated rings. The second-order valence-corrected chi connectivity index (χ2v) is 6.30. The SMILES string of the molecule is C=CC(=O)CO[Si](CCCS)(OC)OC. The van der Waals surface area contributed by atoms with Crippen LogP contribution in [-0.4, -0.2) is 41.2 Å². The molecule has 6 heteroatoms. The van der Waals surface area contributed by atoms with Gasteiger partial charge in [-0.15, -0.1) is 0 Å². The van der Waals surface area contributed by atoms with E-state index in [1.54, 1.807) is 0 Å². The number of ketones is 1. The van der Waals surface area contributed by atoms with Crippen molar-refractivity contribution in [3.8, 4) is 0 Å². The average Bonchev–Trinajstić information content (AvgIpc) is 2.30. The molecule has 4 nitrogen and oxygen atoms in total. The molecule has 0 saturated heterocycles. The zero-order valence-electron chi connectivity index (χ0n) is 9.19. The molecular formula is C9H18O4SSi. The number of hydrogen-bond acceptors (Lipinski definition) is 5. The van der Waals surface area contributed by atoms with Crippen molar-refractivity contribution in [1.29, 1.82) is 0 Å². The molecule has 0 aromatic heterocycles. The van der Waals surface area contributed by atoms with Crippen molar-refractivity contribution in [2.45, 2.75) is 12.5 Å². The predicted molar refractivity (Wildman–Crippen MR) is 64.2 cm³/mol. The number of thiol groups is 1. The van der Waals surface area contributed by atoms with Gasteiger partial charge in [0.25, 0.3) is 0 Å². The van der Waals surface area contributed by atoms with Crippen LogP contribution in [0.4, 0.5) is 0 Å². The Kier molecular flexibility index (Phi) is 7.98. The quantitative estimate of drug-likeness (QED) is 0.381. The zero-order chi connectivity index (χ0) is 11.7. The van der Waals surface area contributed by atoms with Crippen LogP contribution >= 0.6 is 12.6 Å². The number of carbonyl (C=O) groups excluding carboxylic acids is 1. The predicted octanol–water partition coefficient (Wildman–Crippen LogP) is 1.31. The molecule has 0 bridgehead atoms. The van der Waals surface area contributed by atoms with Crippen LogP contribution in [-0.2, 0) is 18.1 Å². The summed E-state index contributed by atoms with van der Waals surface area (Å²) in [5.74, 6) is 0.562. The number of rotatable bonds is 9. The lowest BCUT2D eigenvalue weighted by molar-refractivity contribution is -0.117. The lowest BCUT2D eigenvalue weighted by Gasteiger charge is -2.25. The van der Waals surface area contributed by atoms with Gasteiger partial charge in [-0.1, -0.05) is 6.58 Å². The van der Waals surface area contributed by atoms with Crippen LogP contribution in [0, 0.1) is 0 Å². The molecular weight excluding hydrogens is 232 g/mol. The summed E-state index contributed by atoms with van der Waals surface area (Å²) < 4.78 is 15.9. The minimum Gasteiger partial charge on any atom is -0.377 e. The Hall–Kier alpha value is -0.143. The van der Waals surface area contributed by atoms with E-state index in [2.05, 4.69) is 19.2 Å². The normalized spacial score (nSPS) is 11.4. The lowest BCUT2D eigenvalue weighted by atomic mass is 10.4. The zero-order valence-corrected chi connectivity index (χ0v) is 11.1. The highest BCUT2D eigenvalue weighted by atomic mass is 32.1. The Morgan fingerprint density at radius 1 is 1.47 bits per heavy atom. The van der Waals surface area contributed by atoms with Crippen LogP contribution < -0.4 is 0 Å². The molecule has 0 aromatic rings. The molecule has 0 unspecified atom stereocenters.